The second kappa shape index (κ2) is 35.1. The van der Waals surface area contributed by atoms with Gasteiger partial charge in [-0.05, 0) is 77.0 Å². The van der Waals surface area contributed by atoms with Gasteiger partial charge in [-0.25, -0.2) is 0 Å². The maximum absolute atomic E-state index is 12.5. The van der Waals surface area contributed by atoms with E-state index in [-0.39, 0.29) is 18.1 Å². The van der Waals surface area contributed by atoms with Crippen molar-refractivity contribution < 1.29 is 14.3 Å². The molecule has 0 saturated carbocycles. The Morgan fingerprint density at radius 2 is 0.896 bits per heavy atom. The summed E-state index contributed by atoms with van der Waals surface area (Å²) in [6, 6.07) is 0. The quantitative estimate of drug-likeness (QED) is 0.0546. The third kappa shape index (κ3) is 27.2. The van der Waals surface area contributed by atoms with Crippen molar-refractivity contribution in [3.05, 3.63) is 48.6 Å². The Hall–Kier alpha value is -1.69. The van der Waals surface area contributed by atoms with Crippen molar-refractivity contribution in [2.75, 3.05) is 32.8 Å². The standard InChI is InChI=1S/C43H78N2O3/c1-3-5-7-9-11-13-15-17-19-21-23-25-27-29-31-33-37-47-41-39-45(43(46)35-36-44)40-42(41)48-38-34-32-30-28-26-24-22-20-18-16-14-12-10-8-6-4-2/h11-14,17-20,41-42H,3-10,15-16,21-40,44H2,1-2H3/t41-,42-/m1/s1. The summed E-state index contributed by atoms with van der Waals surface area (Å²) in [7, 11) is 0. The van der Waals surface area contributed by atoms with Crippen molar-refractivity contribution in [3.63, 3.8) is 0 Å². The minimum atomic E-state index is -0.0192. The Balaban J connectivity index is 2.09. The third-order valence-corrected chi connectivity index (χ3v) is 9.28. The fourth-order valence-electron chi connectivity index (χ4n) is 6.20. The van der Waals surface area contributed by atoms with Gasteiger partial charge in [0.05, 0.1) is 0 Å². The lowest BCUT2D eigenvalue weighted by molar-refractivity contribution is -0.130. The fourth-order valence-corrected chi connectivity index (χ4v) is 6.20. The van der Waals surface area contributed by atoms with E-state index in [1.165, 1.54) is 128 Å². The molecule has 1 amide bonds. The van der Waals surface area contributed by atoms with Crippen LogP contribution in [0.4, 0.5) is 0 Å². The maximum atomic E-state index is 12.5. The topological polar surface area (TPSA) is 64.8 Å². The number of rotatable bonds is 34. The fraction of sp³-hybridized carbons (Fsp3) is 0.791. The molecule has 1 aliphatic rings. The van der Waals surface area contributed by atoms with Crippen molar-refractivity contribution in [2.24, 2.45) is 5.73 Å². The Morgan fingerprint density at radius 1 is 0.542 bits per heavy atom. The van der Waals surface area contributed by atoms with Crippen molar-refractivity contribution >= 4 is 5.91 Å². The van der Waals surface area contributed by atoms with Gasteiger partial charge in [0, 0.05) is 39.3 Å². The molecule has 1 rings (SSSR count). The molecule has 0 spiro atoms. The van der Waals surface area contributed by atoms with Gasteiger partial charge in [0.15, 0.2) is 0 Å². The zero-order chi connectivity index (χ0) is 34.6. The highest BCUT2D eigenvalue weighted by Gasteiger charge is 2.36. The first-order valence-corrected chi connectivity index (χ1v) is 20.5. The summed E-state index contributed by atoms with van der Waals surface area (Å²) in [5.41, 5.74) is 5.66. The number of nitrogens with zero attached hydrogens (tertiary/aromatic N) is 1. The smallest absolute Gasteiger partial charge is 0.224 e. The van der Waals surface area contributed by atoms with Crippen LogP contribution >= 0.6 is 0 Å². The van der Waals surface area contributed by atoms with E-state index >= 15 is 0 Å². The van der Waals surface area contributed by atoms with Crippen LogP contribution in [0.25, 0.3) is 0 Å². The second-order valence-electron chi connectivity index (χ2n) is 13.8. The average Bonchev–Trinajstić information content (AvgIpc) is 3.50. The van der Waals surface area contributed by atoms with E-state index in [1.807, 2.05) is 4.90 Å². The van der Waals surface area contributed by atoms with Crippen LogP contribution in [0.2, 0.25) is 0 Å². The lowest BCUT2D eigenvalue weighted by Crippen LogP contribution is -2.31. The largest absolute Gasteiger partial charge is 0.374 e. The van der Waals surface area contributed by atoms with Crippen molar-refractivity contribution in [3.8, 4) is 0 Å². The minimum Gasteiger partial charge on any atom is -0.374 e. The number of likely N-dealkylation sites (tertiary alicyclic amines) is 1. The first-order chi connectivity index (χ1) is 23.7. The molecule has 0 unspecified atom stereocenters. The van der Waals surface area contributed by atoms with E-state index in [2.05, 4.69) is 62.5 Å². The first kappa shape index (κ1) is 44.3. The number of hydrogen-bond acceptors (Lipinski definition) is 4. The van der Waals surface area contributed by atoms with Crippen molar-refractivity contribution in [1.82, 2.24) is 4.90 Å². The number of hydrogen-bond donors (Lipinski definition) is 1. The van der Waals surface area contributed by atoms with E-state index < -0.39 is 0 Å². The summed E-state index contributed by atoms with van der Waals surface area (Å²) in [6.45, 7) is 7.68. The second-order valence-corrected chi connectivity index (χ2v) is 13.8. The Labute approximate surface area is 298 Å². The van der Waals surface area contributed by atoms with E-state index in [1.54, 1.807) is 0 Å². The summed E-state index contributed by atoms with van der Waals surface area (Å²) < 4.78 is 12.6. The molecule has 0 aromatic heterocycles. The maximum Gasteiger partial charge on any atom is 0.224 e. The molecular formula is C43H78N2O3. The van der Waals surface area contributed by atoms with Crippen molar-refractivity contribution in [1.29, 1.82) is 0 Å². The first-order valence-electron chi connectivity index (χ1n) is 20.5. The Kier molecular flexibility index (Phi) is 32.5. The van der Waals surface area contributed by atoms with Gasteiger partial charge in [-0.2, -0.15) is 0 Å². The zero-order valence-corrected chi connectivity index (χ0v) is 31.7. The predicted octanol–water partition coefficient (Wildman–Crippen LogP) is 11.6. The van der Waals surface area contributed by atoms with Crippen LogP contribution in [0.3, 0.4) is 0 Å². The van der Waals surface area contributed by atoms with Gasteiger partial charge < -0.3 is 20.1 Å². The average molecular weight is 671 g/mol. The number of ether oxygens (including phenoxy) is 2. The number of allylic oxidation sites excluding steroid dienone is 8. The van der Waals surface area contributed by atoms with Crippen LogP contribution in [0, 0.1) is 0 Å². The number of nitrogens with two attached hydrogens (primary N) is 1. The van der Waals surface area contributed by atoms with Gasteiger partial charge in [0.1, 0.15) is 12.2 Å². The number of carbonyl (C=O) groups excluding carboxylic acids is 1. The summed E-state index contributed by atoms with van der Waals surface area (Å²) in [4.78, 5) is 14.4. The van der Waals surface area contributed by atoms with Crippen LogP contribution in [0.1, 0.15) is 174 Å². The Morgan fingerprint density at radius 3 is 1.27 bits per heavy atom. The number of unbranched alkanes of at least 4 members (excludes halogenated alkanes) is 18. The molecule has 1 saturated heterocycles. The lowest BCUT2D eigenvalue weighted by atomic mass is 10.1. The van der Waals surface area contributed by atoms with Crippen molar-refractivity contribution in [2.45, 2.75) is 187 Å². The molecule has 2 atom stereocenters. The number of amides is 1. The normalized spacial score (nSPS) is 17.0. The van der Waals surface area contributed by atoms with E-state index in [0.29, 0.717) is 26.1 Å². The summed E-state index contributed by atoms with van der Waals surface area (Å²) in [5.74, 6) is 0.125. The summed E-state index contributed by atoms with van der Waals surface area (Å²) >= 11 is 0. The molecule has 0 aromatic rings. The molecule has 278 valence electrons. The Bertz CT molecular complexity index is 763. The predicted molar refractivity (Wildman–Crippen MR) is 208 cm³/mol. The molecule has 0 aromatic carbocycles. The molecule has 48 heavy (non-hydrogen) atoms. The van der Waals surface area contributed by atoms with Crippen LogP contribution in [-0.2, 0) is 14.3 Å². The van der Waals surface area contributed by atoms with Gasteiger partial charge in [-0.3, -0.25) is 4.79 Å². The van der Waals surface area contributed by atoms with Gasteiger partial charge in [-0.1, -0.05) is 140 Å². The monoisotopic (exact) mass is 671 g/mol. The van der Waals surface area contributed by atoms with Gasteiger partial charge >= 0.3 is 0 Å². The lowest BCUT2D eigenvalue weighted by Gasteiger charge is -2.19. The highest BCUT2D eigenvalue weighted by Crippen LogP contribution is 2.20. The van der Waals surface area contributed by atoms with E-state index in [9.17, 15) is 4.79 Å². The molecule has 5 heteroatoms. The molecule has 2 N–H and O–H groups in total. The molecule has 1 fully saturated rings. The molecule has 0 radical (unpaired) electrons. The molecule has 1 heterocycles. The number of carbonyl (C=O) groups is 1. The third-order valence-electron chi connectivity index (χ3n) is 9.28. The van der Waals surface area contributed by atoms with Crippen LogP contribution in [0.15, 0.2) is 48.6 Å². The SMILES string of the molecule is CCCCCC=CCC=CCCCCCCCCO[C@@H]1CN(C(=O)CCN)C[C@H]1OCCCCCCCCC=CCC=CCCCCC. The van der Waals surface area contributed by atoms with Gasteiger partial charge in [0.2, 0.25) is 5.91 Å². The summed E-state index contributed by atoms with van der Waals surface area (Å²) in [6.07, 6.45) is 48.8. The van der Waals surface area contributed by atoms with Crippen LogP contribution in [-0.4, -0.2) is 55.9 Å². The van der Waals surface area contributed by atoms with Gasteiger partial charge in [-0.15, -0.1) is 0 Å². The molecule has 1 aliphatic heterocycles. The van der Waals surface area contributed by atoms with Crippen LogP contribution < -0.4 is 5.73 Å². The highest BCUT2D eigenvalue weighted by molar-refractivity contribution is 5.76. The van der Waals surface area contributed by atoms with E-state index in [0.717, 1.165) is 38.9 Å². The highest BCUT2D eigenvalue weighted by atomic mass is 16.5. The van der Waals surface area contributed by atoms with E-state index in [4.69, 9.17) is 15.2 Å². The molecule has 0 aliphatic carbocycles. The van der Waals surface area contributed by atoms with Gasteiger partial charge in [0.25, 0.3) is 0 Å². The zero-order valence-electron chi connectivity index (χ0n) is 31.7. The molecule has 0 bridgehead atoms. The molecular weight excluding hydrogens is 592 g/mol. The molecule has 5 nitrogen and oxygen atoms in total. The minimum absolute atomic E-state index is 0.0192. The summed E-state index contributed by atoms with van der Waals surface area (Å²) in [5, 5.41) is 0. The van der Waals surface area contributed by atoms with Crippen LogP contribution in [0.5, 0.6) is 0 Å².